The number of benzene rings is 2. The van der Waals surface area contributed by atoms with E-state index in [9.17, 15) is 4.79 Å². The molecule has 7 nitrogen and oxygen atoms in total. The first kappa shape index (κ1) is 18.2. The fourth-order valence-corrected chi connectivity index (χ4v) is 3.63. The fraction of sp³-hybridized carbons (Fsp3) is 0.0455. The van der Waals surface area contributed by atoms with Crippen LogP contribution in [0.4, 0.5) is 0 Å². The molecule has 0 radical (unpaired) electrons. The number of carbonyl (C=O) groups is 1. The summed E-state index contributed by atoms with van der Waals surface area (Å²) in [5, 5.41) is 15.0. The van der Waals surface area contributed by atoms with Crippen LogP contribution in [0, 0.1) is 0 Å². The third-order valence-corrected chi connectivity index (χ3v) is 5.16. The Bertz CT molecular complexity index is 1430. The molecule has 0 fully saturated rings. The van der Waals surface area contributed by atoms with Crippen molar-refractivity contribution in [3.63, 3.8) is 0 Å². The van der Waals surface area contributed by atoms with Gasteiger partial charge in [-0.05, 0) is 35.9 Å². The lowest BCUT2D eigenvalue weighted by Crippen LogP contribution is -2.03. The first-order valence-corrected chi connectivity index (χ1v) is 9.53. The van der Waals surface area contributed by atoms with Gasteiger partial charge in [-0.25, -0.2) is 19.3 Å². The number of fused-ring (bicyclic) bond motifs is 2. The summed E-state index contributed by atoms with van der Waals surface area (Å²) in [5.74, 6) is -0.583. The highest BCUT2D eigenvalue weighted by atomic mass is 35.5. The second-order valence-electron chi connectivity index (χ2n) is 6.81. The van der Waals surface area contributed by atoms with Crippen LogP contribution in [0.5, 0.6) is 0 Å². The van der Waals surface area contributed by atoms with Gasteiger partial charge >= 0.3 is 5.97 Å². The van der Waals surface area contributed by atoms with Crippen molar-refractivity contribution in [2.45, 2.75) is 6.42 Å². The molecule has 8 heteroatoms. The normalized spacial score (nSPS) is 11.2. The number of pyridine rings is 1. The van der Waals surface area contributed by atoms with E-state index in [0.29, 0.717) is 23.5 Å². The van der Waals surface area contributed by atoms with E-state index in [1.165, 1.54) is 6.07 Å². The van der Waals surface area contributed by atoms with Crippen molar-refractivity contribution in [1.29, 1.82) is 0 Å². The highest BCUT2D eigenvalue weighted by Gasteiger charge is 2.13. The first-order chi connectivity index (χ1) is 14.6. The molecule has 0 atom stereocenters. The van der Waals surface area contributed by atoms with E-state index < -0.39 is 5.97 Å². The summed E-state index contributed by atoms with van der Waals surface area (Å²) in [6.07, 6.45) is 5.76. The minimum atomic E-state index is -1.07. The molecule has 3 heterocycles. The standard InChI is InChI=1S/C22H14ClN5O2/c23-18-10-15(4-5-17(18)21(29)30)20-12-26-22-25-11-16(28(22)27-20)9-13-3-6-19-14(8-13)2-1-7-24-19/h1-8,10-12H,9H2,(H,29,30). The van der Waals surface area contributed by atoms with Gasteiger partial charge in [0.15, 0.2) is 0 Å². The van der Waals surface area contributed by atoms with Gasteiger partial charge in [0.05, 0.1) is 34.2 Å². The molecule has 3 aromatic heterocycles. The molecule has 5 aromatic rings. The number of halogens is 1. The van der Waals surface area contributed by atoms with Crippen LogP contribution in [0.1, 0.15) is 21.6 Å². The first-order valence-electron chi connectivity index (χ1n) is 9.15. The van der Waals surface area contributed by atoms with Gasteiger partial charge in [-0.2, -0.15) is 5.10 Å². The Kier molecular flexibility index (Phi) is 4.37. The Hall–Kier alpha value is -3.84. The van der Waals surface area contributed by atoms with Crippen LogP contribution < -0.4 is 0 Å². The molecular formula is C22H14ClN5O2. The SMILES string of the molecule is O=C(O)c1ccc(-c2cnc3ncc(Cc4ccc5ncccc5c4)n3n2)cc1Cl. The molecule has 0 spiro atoms. The summed E-state index contributed by atoms with van der Waals surface area (Å²) in [4.78, 5) is 24.2. The molecule has 0 amide bonds. The maximum Gasteiger partial charge on any atom is 0.337 e. The van der Waals surface area contributed by atoms with E-state index in [1.54, 1.807) is 35.2 Å². The van der Waals surface area contributed by atoms with Crippen molar-refractivity contribution in [3.8, 4) is 11.3 Å². The van der Waals surface area contributed by atoms with E-state index in [1.807, 2.05) is 24.3 Å². The smallest absolute Gasteiger partial charge is 0.337 e. The lowest BCUT2D eigenvalue weighted by atomic mass is 10.1. The second-order valence-corrected chi connectivity index (χ2v) is 7.22. The number of carboxylic acid groups (broad SMARTS) is 1. The maximum atomic E-state index is 11.2. The molecule has 0 aliphatic heterocycles. The molecule has 5 rings (SSSR count). The van der Waals surface area contributed by atoms with Gasteiger partial charge in [0, 0.05) is 23.6 Å². The van der Waals surface area contributed by atoms with Gasteiger partial charge < -0.3 is 5.11 Å². The van der Waals surface area contributed by atoms with E-state index in [2.05, 4.69) is 26.1 Å². The minimum absolute atomic E-state index is 0.0450. The minimum Gasteiger partial charge on any atom is -0.478 e. The van der Waals surface area contributed by atoms with E-state index >= 15 is 0 Å². The van der Waals surface area contributed by atoms with Crippen LogP contribution in [0.25, 0.3) is 27.9 Å². The van der Waals surface area contributed by atoms with Crippen molar-refractivity contribution < 1.29 is 9.90 Å². The van der Waals surface area contributed by atoms with Crippen molar-refractivity contribution >= 4 is 34.3 Å². The summed E-state index contributed by atoms with van der Waals surface area (Å²) >= 11 is 6.10. The van der Waals surface area contributed by atoms with Crippen molar-refractivity contribution in [1.82, 2.24) is 24.6 Å². The Morgan fingerprint density at radius 3 is 2.73 bits per heavy atom. The number of imidazole rings is 1. The van der Waals surface area contributed by atoms with Gasteiger partial charge in [-0.3, -0.25) is 4.98 Å². The number of hydrogen-bond donors (Lipinski definition) is 1. The zero-order valence-electron chi connectivity index (χ0n) is 15.5. The zero-order chi connectivity index (χ0) is 20.7. The summed E-state index contributed by atoms with van der Waals surface area (Å²) in [7, 11) is 0. The molecule has 0 saturated carbocycles. The Labute approximate surface area is 175 Å². The summed E-state index contributed by atoms with van der Waals surface area (Å²) in [6, 6.07) is 14.8. The number of rotatable bonds is 4. The van der Waals surface area contributed by atoms with Crippen LogP contribution in [-0.4, -0.2) is 35.6 Å². The molecule has 0 aliphatic rings. The predicted octanol–water partition coefficient (Wildman–Crippen LogP) is 4.28. The Morgan fingerprint density at radius 2 is 1.90 bits per heavy atom. The monoisotopic (exact) mass is 415 g/mol. The van der Waals surface area contributed by atoms with E-state index in [-0.39, 0.29) is 10.6 Å². The topological polar surface area (TPSA) is 93.3 Å². The summed E-state index contributed by atoms with van der Waals surface area (Å²) in [5.41, 5.74) is 4.24. The molecule has 30 heavy (non-hydrogen) atoms. The van der Waals surface area contributed by atoms with Gasteiger partial charge in [0.25, 0.3) is 5.78 Å². The predicted molar refractivity (Wildman–Crippen MR) is 113 cm³/mol. The average molecular weight is 416 g/mol. The van der Waals surface area contributed by atoms with Crippen molar-refractivity contribution in [3.05, 3.63) is 89.0 Å². The maximum absolute atomic E-state index is 11.2. The quantitative estimate of drug-likeness (QED) is 0.471. The molecule has 0 unspecified atom stereocenters. The van der Waals surface area contributed by atoms with E-state index in [4.69, 9.17) is 16.7 Å². The van der Waals surface area contributed by atoms with Crippen molar-refractivity contribution in [2.75, 3.05) is 0 Å². The van der Waals surface area contributed by atoms with Gasteiger partial charge in [0.2, 0.25) is 0 Å². The lowest BCUT2D eigenvalue weighted by Gasteiger charge is -2.06. The third kappa shape index (κ3) is 3.25. The highest BCUT2D eigenvalue weighted by Crippen LogP contribution is 2.25. The Balaban J connectivity index is 1.52. The largest absolute Gasteiger partial charge is 0.478 e. The number of nitrogens with zero attached hydrogens (tertiary/aromatic N) is 5. The lowest BCUT2D eigenvalue weighted by molar-refractivity contribution is 0.0697. The number of carboxylic acids is 1. The van der Waals surface area contributed by atoms with Crippen molar-refractivity contribution in [2.24, 2.45) is 0 Å². The molecular weight excluding hydrogens is 402 g/mol. The number of hydrogen-bond acceptors (Lipinski definition) is 5. The molecule has 0 bridgehead atoms. The van der Waals surface area contributed by atoms with Crippen LogP contribution in [0.2, 0.25) is 5.02 Å². The second kappa shape index (κ2) is 7.20. The number of aromatic nitrogens is 5. The number of aromatic carboxylic acids is 1. The fourth-order valence-electron chi connectivity index (χ4n) is 3.36. The average Bonchev–Trinajstić information content (AvgIpc) is 3.15. The van der Waals surface area contributed by atoms with E-state index in [0.717, 1.165) is 22.2 Å². The van der Waals surface area contributed by atoms with Gasteiger partial charge in [-0.1, -0.05) is 29.8 Å². The molecule has 0 aliphatic carbocycles. The molecule has 2 aromatic carbocycles. The molecule has 1 N–H and O–H groups in total. The third-order valence-electron chi connectivity index (χ3n) is 4.85. The zero-order valence-corrected chi connectivity index (χ0v) is 16.3. The highest BCUT2D eigenvalue weighted by molar-refractivity contribution is 6.33. The van der Waals surface area contributed by atoms with Crippen LogP contribution in [-0.2, 0) is 6.42 Å². The van der Waals surface area contributed by atoms with Crippen LogP contribution in [0.3, 0.4) is 0 Å². The molecule has 0 saturated heterocycles. The van der Waals surface area contributed by atoms with Gasteiger partial charge in [-0.15, -0.1) is 0 Å². The Morgan fingerprint density at radius 1 is 1.03 bits per heavy atom. The molecule has 146 valence electrons. The summed E-state index contributed by atoms with van der Waals surface area (Å²) < 4.78 is 1.70. The van der Waals surface area contributed by atoms with Crippen LogP contribution >= 0.6 is 11.6 Å². The van der Waals surface area contributed by atoms with Gasteiger partial charge in [0.1, 0.15) is 5.69 Å². The van der Waals surface area contributed by atoms with Crippen LogP contribution in [0.15, 0.2) is 67.1 Å². The summed E-state index contributed by atoms with van der Waals surface area (Å²) in [6.45, 7) is 0.